The Balaban J connectivity index is 1.46. The first kappa shape index (κ1) is 10.1. The molecule has 1 aliphatic carbocycles. The van der Waals surface area contributed by atoms with Gasteiger partial charge in [0, 0.05) is 12.6 Å². The first-order valence-corrected chi connectivity index (χ1v) is 6.78. The summed E-state index contributed by atoms with van der Waals surface area (Å²) in [5.74, 6) is 2.94. The summed E-state index contributed by atoms with van der Waals surface area (Å²) in [4.78, 5) is 2.63. The molecule has 0 spiro atoms. The van der Waals surface area contributed by atoms with Gasteiger partial charge in [-0.25, -0.2) is 0 Å². The maximum Gasteiger partial charge on any atom is 0.0120 e. The van der Waals surface area contributed by atoms with Crippen LogP contribution in [0.5, 0.6) is 0 Å². The molecule has 4 unspecified atom stereocenters. The smallest absolute Gasteiger partial charge is 0.0120 e. The topological polar surface area (TPSA) is 15.3 Å². The molecule has 2 heteroatoms. The van der Waals surface area contributed by atoms with Gasteiger partial charge in [0.1, 0.15) is 0 Å². The third-order valence-corrected chi connectivity index (χ3v) is 4.76. The molecule has 4 atom stereocenters. The van der Waals surface area contributed by atoms with Gasteiger partial charge in [-0.05, 0) is 63.1 Å². The van der Waals surface area contributed by atoms with E-state index < -0.39 is 0 Å². The molecular weight excluding hydrogens is 184 g/mol. The number of hydrogen-bond acceptors (Lipinski definition) is 2. The van der Waals surface area contributed by atoms with E-state index in [-0.39, 0.29) is 0 Å². The van der Waals surface area contributed by atoms with Crippen molar-refractivity contribution in [1.29, 1.82) is 0 Å². The van der Waals surface area contributed by atoms with Crippen LogP contribution in [0.3, 0.4) is 0 Å². The molecule has 3 aliphatic rings. The van der Waals surface area contributed by atoms with Crippen LogP contribution >= 0.6 is 0 Å². The zero-order valence-corrected chi connectivity index (χ0v) is 9.91. The molecule has 0 amide bonds. The highest BCUT2D eigenvalue weighted by Gasteiger charge is 2.35. The molecule has 0 radical (unpaired) electrons. The fraction of sp³-hybridized carbons (Fsp3) is 1.00. The highest BCUT2D eigenvalue weighted by Crippen LogP contribution is 2.36. The molecule has 3 fully saturated rings. The van der Waals surface area contributed by atoms with E-state index in [9.17, 15) is 0 Å². The van der Waals surface area contributed by atoms with Crippen molar-refractivity contribution in [1.82, 2.24) is 10.2 Å². The quantitative estimate of drug-likeness (QED) is 0.757. The highest BCUT2D eigenvalue weighted by atomic mass is 15.2. The first-order valence-electron chi connectivity index (χ1n) is 6.78. The Labute approximate surface area is 93.4 Å². The molecule has 86 valence electrons. The lowest BCUT2D eigenvalue weighted by Gasteiger charge is -2.32. The largest absolute Gasteiger partial charge is 0.313 e. The Morgan fingerprint density at radius 1 is 1.20 bits per heavy atom. The average molecular weight is 208 g/mol. The van der Waals surface area contributed by atoms with Gasteiger partial charge in [-0.3, -0.25) is 0 Å². The second kappa shape index (κ2) is 4.06. The van der Waals surface area contributed by atoms with Crippen LogP contribution in [0.2, 0.25) is 0 Å². The van der Waals surface area contributed by atoms with Crippen molar-refractivity contribution < 1.29 is 0 Å². The second-order valence-electron chi connectivity index (χ2n) is 5.97. The molecular formula is C13H24N2. The van der Waals surface area contributed by atoms with Crippen LogP contribution in [0.25, 0.3) is 0 Å². The van der Waals surface area contributed by atoms with Crippen molar-refractivity contribution in [3.8, 4) is 0 Å². The fourth-order valence-electron chi connectivity index (χ4n) is 3.39. The lowest BCUT2D eigenvalue weighted by atomic mass is 9.93. The maximum absolute atomic E-state index is 3.84. The average Bonchev–Trinajstić information content (AvgIpc) is 3.03. The van der Waals surface area contributed by atoms with Crippen molar-refractivity contribution >= 4 is 0 Å². The standard InChI is InChI=1S/C13H24N2/c1-10(11-2-3-11)8-14-13-5-7-15-6-4-12(13)9-15/h10-14H,2-9H2,1H3. The predicted octanol–water partition coefficient (Wildman–Crippen LogP) is 1.72. The van der Waals surface area contributed by atoms with E-state index in [1.807, 2.05) is 0 Å². The summed E-state index contributed by atoms with van der Waals surface area (Å²) in [7, 11) is 0. The van der Waals surface area contributed by atoms with E-state index in [2.05, 4.69) is 17.1 Å². The third kappa shape index (κ3) is 2.21. The normalized spacial score (nSPS) is 41.8. The molecule has 0 aromatic carbocycles. The molecule has 1 saturated carbocycles. The molecule has 2 nitrogen and oxygen atoms in total. The lowest BCUT2D eigenvalue weighted by Crippen LogP contribution is -2.45. The third-order valence-electron chi connectivity index (χ3n) is 4.76. The summed E-state index contributed by atoms with van der Waals surface area (Å²) in [6.07, 6.45) is 5.81. The van der Waals surface area contributed by atoms with Crippen LogP contribution in [0.1, 0.15) is 32.6 Å². The Morgan fingerprint density at radius 2 is 2.00 bits per heavy atom. The fourth-order valence-corrected chi connectivity index (χ4v) is 3.39. The maximum atomic E-state index is 3.84. The minimum absolute atomic E-state index is 0.838. The van der Waals surface area contributed by atoms with E-state index in [4.69, 9.17) is 0 Å². The summed E-state index contributed by atoms with van der Waals surface area (Å²) in [5.41, 5.74) is 0. The van der Waals surface area contributed by atoms with E-state index in [0.29, 0.717) is 0 Å². The van der Waals surface area contributed by atoms with Gasteiger partial charge in [0.15, 0.2) is 0 Å². The number of nitrogens with one attached hydrogen (secondary N) is 1. The minimum Gasteiger partial charge on any atom is -0.313 e. The van der Waals surface area contributed by atoms with Crippen molar-refractivity contribution in [2.45, 2.75) is 38.6 Å². The van der Waals surface area contributed by atoms with Crippen LogP contribution < -0.4 is 5.32 Å². The molecule has 2 saturated heterocycles. The van der Waals surface area contributed by atoms with E-state index >= 15 is 0 Å². The minimum atomic E-state index is 0.838. The van der Waals surface area contributed by atoms with Gasteiger partial charge < -0.3 is 10.2 Å². The Kier molecular flexibility index (Phi) is 2.73. The van der Waals surface area contributed by atoms with Crippen molar-refractivity contribution in [2.75, 3.05) is 26.2 Å². The molecule has 3 rings (SSSR count). The summed E-state index contributed by atoms with van der Waals surface area (Å²) in [6, 6.07) is 0.838. The van der Waals surface area contributed by atoms with Gasteiger partial charge in [0.2, 0.25) is 0 Å². The highest BCUT2D eigenvalue weighted by molar-refractivity contribution is 4.91. The van der Waals surface area contributed by atoms with Gasteiger partial charge in [-0.1, -0.05) is 6.92 Å². The monoisotopic (exact) mass is 208 g/mol. The second-order valence-corrected chi connectivity index (χ2v) is 5.97. The van der Waals surface area contributed by atoms with Crippen molar-refractivity contribution in [3.63, 3.8) is 0 Å². The lowest BCUT2D eigenvalue weighted by molar-refractivity contribution is 0.215. The Bertz CT molecular complexity index is 225. The summed E-state index contributed by atoms with van der Waals surface area (Å²) in [6.45, 7) is 7.77. The molecule has 2 bridgehead atoms. The zero-order valence-electron chi connectivity index (χ0n) is 9.91. The predicted molar refractivity (Wildman–Crippen MR) is 62.8 cm³/mol. The number of hydrogen-bond donors (Lipinski definition) is 1. The van der Waals surface area contributed by atoms with E-state index in [0.717, 1.165) is 23.8 Å². The molecule has 2 aliphatic heterocycles. The SMILES string of the molecule is CC(CNC1CCN2CCC1C2)C1CC1. The van der Waals surface area contributed by atoms with Crippen molar-refractivity contribution in [2.24, 2.45) is 17.8 Å². The first-order chi connectivity index (χ1) is 7.33. The summed E-state index contributed by atoms with van der Waals surface area (Å²) < 4.78 is 0. The van der Waals surface area contributed by atoms with Crippen molar-refractivity contribution in [3.05, 3.63) is 0 Å². The number of fused-ring (bicyclic) bond motifs is 2. The van der Waals surface area contributed by atoms with Gasteiger partial charge in [0.05, 0.1) is 0 Å². The van der Waals surface area contributed by atoms with E-state index in [1.165, 1.54) is 51.9 Å². The van der Waals surface area contributed by atoms with Crippen LogP contribution in [-0.4, -0.2) is 37.1 Å². The van der Waals surface area contributed by atoms with Gasteiger partial charge in [-0.15, -0.1) is 0 Å². The summed E-state index contributed by atoms with van der Waals surface area (Å²) >= 11 is 0. The van der Waals surface area contributed by atoms with Gasteiger partial charge in [-0.2, -0.15) is 0 Å². The van der Waals surface area contributed by atoms with Gasteiger partial charge in [0.25, 0.3) is 0 Å². The van der Waals surface area contributed by atoms with Crippen LogP contribution in [-0.2, 0) is 0 Å². The molecule has 1 N–H and O–H groups in total. The number of nitrogens with zero attached hydrogens (tertiary/aromatic N) is 1. The van der Waals surface area contributed by atoms with Crippen LogP contribution in [0.4, 0.5) is 0 Å². The molecule has 0 aromatic rings. The zero-order chi connectivity index (χ0) is 10.3. The Morgan fingerprint density at radius 3 is 2.80 bits per heavy atom. The molecule has 2 heterocycles. The Hall–Kier alpha value is -0.0800. The molecule has 0 aromatic heterocycles. The molecule has 15 heavy (non-hydrogen) atoms. The van der Waals surface area contributed by atoms with Gasteiger partial charge >= 0.3 is 0 Å². The van der Waals surface area contributed by atoms with Crippen LogP contribution in [0.15, 0.2) is 0 Å². The number of piperidine rings is 1. The van der Waals surface area contributed by atoms with E-state index in [1.54, 1.807) is 0 Å². The summed E-state index contributed by atoms with van der Waals surface area (Å²) in [5, 5.41) is 3.84. The van der Waals surface area contributed by atoms with Crippen LogP contribution in [0, 0.1) is 17.8 Å². The number of rotatable bonds is 4.